The first-order chi connectivity index (χ1) is 16.9. The van der Waals surface area contributed by atoms with Crippen molar-refractivity contribution in [1.82, 2.24) is 10.6 Å². The summed E-state index contributed by atoms with van der Waals surface area (Å²) in [6.45, 7) is 11.5. The number of carbonyl (C=O) groups excluding carboxylic acids is 1. The molecule has 0 radical (unpaired) electrons. The summed E-state index contributed by atoms with van der Waals surface area (Å²) in [5.74, 6) is -1.70. The Bertz CT molecular complexity index is 1030. The largest absolute Gasteiger partial charge is 0.390 e. The van der Waals surface area contributed by atoms with Crippen molar-refractivity contribution in [1.29, 1.82) is 0 Å². The molecule has 0 aromatic heterocycles. The summed E-state index contributed by atoms with van der Waals surface area (Å²) in [7, 11) is 0. The van der Waals surface area contributed by atoms with Gasteiger partial charge >= 0.3 is 0 Å². The number of aryl methyl sites for hydroxylation is 1. The van der Waals surface area contributed by atoms with Gasteiger partial charge < -0.3 is 20.5 Å². The van der Waals surface area contributed by atoms with Crippen LogP contribution < -0.4 is 10.6 Å². The normalized spacial score (nSPS) is 17.4. The van der Waals surface area contributed by atoms with Crippen LogP contribution in [0.3, 0.4) is 0 Å². The van der Waals surface area contributed by atoms with Gasteiger partial charge in [-0.3, -0.25) is 4.79 Å². The smallest absolute Gasteiger partial charge is 0.217 e. The van der Waals surface area contributed by atoms with Crippen molar-refractivity contribution in [3.05, 3.63) is 70.3 Å². The van der Waals surface area contributed by atoms with Gasteiger partial charge in [-0.25, -0.2) is 8.78 Å². The topological polar surface area (TPSA) is 70.6 Å². The molecule has 1 heterocycles. The Morgan fingerprint density at radius 2 is 1.69 bits per heavy atom. The molecular weight excluding hydrogens is 462 g/mol. The van der Waals surface area contributed by atoms with Crippen LogP contribution in [0.15, 0.2) is 36.4 Å². The molecule has 2 aromatic rings. The highest BCUT2D eigenvalue weighted by molar-refractivity contribution is 5.73. The Morgan fingerprint density at radius 1 is 1.06 bits per heavy atom. The molecule has 2 atom stereocenters. The van der Waals surface area contributed by atoms with Gasteiger partial charge in [0.2, 0.25) is 5.91 Å². The fourth-order valence-electron chi connectivity index (χ4n) is 4.86. The lowest BCUT2D eigenvalue weighted by atomic mass is 9.77. The van der Waals surface area contributed by atoms with E-state index in [9.17, 15) is 18.7 Å². The summed E-state index contributed by atoms with van der Waals surface area (Å²) >= 11 is 0. The van der Waals surface area contributed by atoms with Crippen molar-refractivity contribution in [2.45, 2.75) is 83.4 Å². The zero-order valence-electron chi connectivity index (χ0n) is 22.1. The third-order valence-corrected chi connectivity index (χ3v) is 7.05. The van der Waals surface area contributed by atoms with E-state index in [1.165, 1.54) is 35.7 Å². The quantitative estimate of drug-likeness (QED) is 0.471. The van der Waals surface area contributed by atoms with E-state index in [2.05, 4.69) is 56.5 Å². The molecule has 1 amide bonds. The lowest BCUT2D eigenvalue weighted by Crippen LogP contribution is -2.54. The Balaban J connectivity index is 1.86. The molecule has 198 valence electrons. The van der Waals surface area contributed by atoms with Crippen molar-refractivity contribution >= 4 is 5.91 Å². The maximum Gasteiger partial charge on any atom is 0.217 e. The monoisotopic (exact) mass is 502 g/mol. The van der Waals surface area contributed by atoms with Gasteiger partial charge in [-0.05, 0) is 65.5 Å². The van der Waals surface area contributed by atoms with Gasteiger partial charge in [0.1, 0.15) is 11.6 Å². The number of hydrogen-bond donors (Lipinski definition) is 3. The van der Waals surface area contributed by atoms with E-state index in [4.69, 9.17) is 4.74 Å². The molecule has 0 spiro atoms. The summed E-state index contributed by atoms with van der Waals surface area (Å²) in [6, 6.07) is 9.30. The molecule has 1 aliphatic heterocycles. The fraction of sp³-hybridized carbons (Fsp3) is 0.552. The minimum absolute atomic E-state index is 0.0114. The Morgan fingerprint density at radius 3 is 2.25 bits per heavy atom. The van der Waals surface area contributed by atoms with E-state index < -0.39 is 29.3 Å². The number of aliphatic hydroxyl groups is 1. The van der Waals surface area contributed by atoms with Gasteiger partial charge in [0.25, 0.3) is 0 Å². The molecule has 36 heavy (non-hydrogen) atoms. The van der Waals surface area contributed by atoms with Crippen LogP contribution in [0, 0.1) is 11.6 Å². The molecule has 3 N–H and O–H groups in total. The molecule has 7 heteroatoms. The summed E-state index contributed by atoms with van der Waals surface area (Å²) in [6.07, 6.45) is 1.54. The molecule has 1 saturated heterocycles. The molecule has 0 saturated carbocycles. The predicted octanol–water partition coefficient (Wildman–Crippen LogP) is 4.53. The van der Waals surface area contributed by atoms with Crippen LogP contribution in [0.5, 0.6) is 0 Å². The molecule has 0 aliphatic carbocycles. The lowest BCUT2D eigenvalue weighted by molar-refractivity contribution is -0.120. The average Bonchev–Trinajstić information content (AvgIpc) is 2.81. The van der Waals surface area contributed by atoms with Gasteiger partial charge in [-0.2, -0.15) is 0 Å². The molecule has 1 aliphatic rings. The number of nitrogens with one attached hydrogen (secondary N) is 2. The highest BCUT2D eigenvalue weighted by atomic mass is 19.1. The maximum atomic E-state index is 13.7. The molecular formula is C29H40F2N2O3. The average molecular weight is 503 g/mol. The van der Waals surface area contributed by atoms with Crippen molar-refractivity contribution in [2.75, 3.05) is 19.8 Å². The van der Waals surface area contributed by atoms with Crippen LogP contribution in [-0.2, 0) is 33.3 Å². The number of amides is 1. The molecule has 5 nitrogen and oxygen atoms in total. The zero-order chi connectivity index (χ0) is 26.5. The number of halogens is 2. The first kappa shape index (κ1) is 28.2. The molecule has 0 bridgehead atoms. The van der Waals surface area contributed by atoms with Crippen molar-refractivity contribution in [2.24, 2.45) is 0 Å². The van der Waals surface area contributed by atoms with E-state index in [1.807, 2.05) is 0 Å². The summed E-state index contributed by atoms with van der Waals surface area (Å²) in [5.41, 5.74) is 3.66. The number of benzene rings is 2. The minimum atomic E-state index is -0.976. The second-order valence-corrected chi connectivity index (χ2v) is 11.0. The number of rotatable bonds is 9. The highest BCUT2D eigenvalue weighted by Gasteiger charge is 2.36. The highest BCUT2D eigenvalue weighted by Crippen LogP contribution is 2.36. The third kappa shape index (κ3) is 7.34. The first-order valence-electron chi connectivity index (χ1n) is 12.8. The van der Waals surface area contributed by atoms with Crippen molar-refractivity contribution in [3.63, 3.8) is 0 Å². The van der Waals surface area contributed by atoms with Crippen LogP contribution in [-0.4, -0.2) is 42.9 Å². The van der Waals surface area contributed by atoms with Crippen LogP contribution in [0.25, 0.3) is 0 Å². The second kappa shape index (κ2) is 11.8. The fourth-order valence-corrected chi connectivity index (χ4v) is 4.86. The van der Waals surface area contributed by atoms with Crippen LogP contribution in [0.1, 0.15) is 69.7 Å². The zero-order valence-corrected chi connectivity index (χ0v) is 22.1. The second-order valence-electron chi connectivity index (χ2n) is 11.0. The van der Waals surface area contributed by atoms with Gasteiger partial charge in [0, 0.05) is 38.3 Å². The molecule has 0 unspecified atom stereocenters. The Labute approximate surface area is 213 Å². The van der Waals surface area contributed by atoms with Gasteiger partial charge in [0.05, 0.1) is 12.1 Å². The number of ether oxygens (including phenoxy) is 1. The van der Waals surface area contributed by atoms with Crippen molar-refractivity contribution in [3.8, 4) is 0 Å². The van der Waals surface area contributed by atoms with E-state index in [0.29, 0.717) is 18.8 Å². The summed E-state index contributed by atoms with van der Waals surface area (Å²) in [5, 5.41) is 17.5. The summed E-state index contributed by atoms with van der Waals surface area (Å²) < 4.78 is 33.1. The van der Waals surface area contributed by atoms with Crippen molar-refractivity contribution < 1.29 is 23.4 Å². The Kier molecular flexibility index (Phi) is 9.25. The molecule has 3 rings (SSSR count). The number of hydrogen-bond acceptors (Lipinski definition) is 4. The number of aliphatic hydroxyl groups excluding tert-OH is 1. The van der Waals surface area contributed by atoms with Gasteiger partial charge in [-0.1, -0.05) is 45.9 Å². The van der Waals surface area contributed by atoms with E-state index in [-0.39, 0.29) is 24.3 Å². The van der Waals surface area contributed by atoms with Gasteiger partial charge in [0.15, 0.2) is 0 Å². The van der Waals surface area contributed by atoms with E-state index >= 15 is 0 Å². The van der Waals surface area contributed by atoms with E-state index in [1.54, 1.807) is 0 Å². The minimum Gasteiger partial charge on any atom is -0.390 e. The summed E-state index contributed by atoms with van der Waals surface area (Å²) in [4.78, 5) is 11.9. The lowest BCUT2D eigenvalue weighted by Gasteiger charge is -2.41. The molecule has 1 fully saturated rings. The third-order valence-electron chi connectivity index (χ3n) is 7.05. The maximum absolute atomic E-state index is 13.7. The Hall–Kier alpha value is -2.35. The van der Waals surface area contributed by atoms with Gasteiger partial charge in [-0.15, -0.1) is 0 Å². The van der Waals surface area contributed by atoms with Crippen LogP contribution >= 0.6 is 0 Å². The standard InChI is InChI=1S/C29H40F2N2O3/c1-6-20-11-22(28(3,4)5)16-23(12-20)29(7-9-36-10-8-29)32-18-27(35)26(33-19(2)34)15-21-13-24(30)17-25(31)14-21/h11-14,16-17,26-27,32,35H,6-10,15,18H2,1-5H3,(H,33,34)/t26-,27+/m0/s1. The predicted molar refractivity (Wildman–Crippen MR) is 138 cm³/mol. The molecule has 2 aromatic carbocycles. The SMILES string of the molecule is CCc1cc(C(C)(C)C)cc(C2(NC[C@@H](O)[C@H](Cc3cc(F)cc(F)c3)NC(C)=O)CCOCC2)c1. The van der Waals surface area contributed by atoms with E-state index in [0.717, 1.165) is 25.3 Å². The number of carbonyl (C=O) groups is 1. The van der Waals surface area contributed by atoms with Crippen LogP contribution in [0.4, 0.5) is 8.78 Å². The first-order valence-corrected chi connectivity index (χ1v) is 12.8. The van der Waals surface area contributed by atoms with Crippen LogP contribution in [0.2, 0.25) is 0 Å².